The summed E-state index contributed by atoms with van der Waals surface area (Å²) in [5.74, 6) is -0.598. The lowest BCUT2D eigenvalue weighted by molar-refractivity contribution is -0.131. The molecule has 1 N–H and O–H groups in total. The summed E-state index contributed by atoms with van der Waals surface area (Å²) in [6.07, 6.45) is 1.42. The quantitative estimate of drug-likeness (QED) is 0.654. The Morgan fingerprint density at radius 2 is 2.00 bits per heavy atom. The number of hydrogen-bond donors (Lipinski definition) is 1. The number of thiophene rings is 1. The van der Waals surface area contributed by atoms with Crippen molar-refractivity contribution in [3.63, 3.8) is 0 Å². The van der Waals surface area contributed by atoms with Gasteiger partial charge in [0.1, 0.15) is 11.3 Å². The van der Waals surface area contributed by atoms with Crippen LogP contribution in [0.3, 0.4) is 0 Å². The summed E-state index contributed by atoms with van der Waals surface area (Å²) in [6.45, 7) is -1.41. The molecule has 2 heterocycles. The van der Waals surface area contributed by atoms with Gasteiger partial charge in [-0.3, -0.25) is 4.79 Å². The zero-order valence-electron chi connectivity index (χ0n) is 13.0. The molecule has 0 aliphatic carbocycles. The molecule has 0 saturated carbocycles. The van der Waals surface area contributed by atoms with Gasteiger partial charge in [0.05, 0.1) is 6.21 Å². The van der Waals surface area contributed by atoms with E-state index in [1.54, 1.807) is 6.07 Å². The molecule has 25 heavy (non-hydrogen) atoms. The minimum Gasteiger partial charge on any atom is -0.435 e. The van der Waals surface area contributed by atoms with E-state index in [9.17, 15) is 18.4 Å². The van der Waals surface area contributed by atoms with E-state index in [1.807, 2.05) is 11.4 Å². The predicted octanol–water partition coefficient (Wildman–Crippen LogP) is 3.15. The number of carbonyl (C=O) groups is 2. The van der Waals surface area contributed by atoms with Crippen molar-refractivity contribution in [2.75, 3.05) is 0 Å². The maximum absolute atomic E-state index is 12.6. The molecule has 0 radical (unpaired) electrons. The largest absolute Gasteiger partial charge is 0.435 e. The van der Waals surface area contributed by atoms with Crippen LogP contribution in [-0.4, -0.2) is 29.8 Å². The zero-order chi connectivity index (χ0) is 18.0. The molecule has 0 spiro atoms. The smallest absolute Gasteiger partial charge is 0.387 e. The first-order valence-corrected chi connectivity index (χ1v) is 8.07. The molecule has 3 rings (SSSR count). The number of carbonyl (C=O) groups excluding carboxylic acids is 2. The van der Waals surface area contributed by atoms with Crippen LogP contribution in [0.25, 0.3) is 0 Å². The van der Waals surface area contributed by atoms with E-state index in [1.165, 1.54) is 48.7 Å². The Morgan fingerprint density at radius 3 is 2.60 bits per heavy atom. The van der Waals surface area contributed by atoms with E-state index in [2.05, 4.69) is 15.2 Å². The number of rotatable bonds is 5. The van der Waals surface area contributed by atoms with Crippen LogP contribution in [0.2, 0.25) is 0 Å². The van der Waals surface area contributed by atoms with Crippen LogP contribution in [0.4, 0.5) is 13.6 Å². The fraction of sp³-hybridized carbons (Fsp3) is 0.188. The third kappa shape index (κ3) is 3.36. The van der Waals surface area contributed by atoms with Gasteiger partial charge in [0, 0.05) is 4.88 Å². The van der Waals surface area contributed by atoms with Crippen LogP contribution in [0.1, 0.15) is 17.4 Å². The van der Waals surface area contributed by atoms with E-state index in [0.717, 1.165) is 9.89 Å². The van der Waals surface area contributed by atoms with Crippen LogP contribution in [0.15, 0.2) is 46.9 Å². The lowest BCUT2D eigenvalue weighted by Crippen LogP contribution is -2.40. The Labute approximate surface area is 145 Å². The maximum Gasteiger partial charge on any atom is 0.387 e. The Hall–Kier alpha value is -2.81. The average Bonchev–Trinajstić information content (AvgIpc) is 3.14. The molecule has 1 saturated heterocycles. The SMILES string of the molecule is C[C@]1(c2ccc(OC(F)F)cc2)NC(=O)N(/N=C\c2cccs2)C1=O. The van der Waals surface area contributed by atoms with Crippen LogP contribution >= 0.6 is 11.3 Å². The summed E-state index contributed by atoms with van der Waals surface area (Å²) in [7, 11) is 0. The molecule has 1 aliphatic heterocycles. The minimum absolute atomic E-state index is 0.0355. The second-order valence-corrected chi connectivity index (χ2v) is 6.31. The van der Waals surface area contributed by atoms with Crippen molar-refractivity contribution in [2.24, 2.45) is 5.10 Å². The fourth-order valence-corrected chi connectivity index (χ4v) is 2.95. The van der Waals surface area contributed by atoms with Crippen molar-refractivity contribution >= 4 is 29.5 Å². The van der Waals surface area contributed by atoms with Gasteiger partial charge >= 0.3 is 12.6 Å². The summed E-state index contributed by atoms with van der Waals surface area (Å²) in [4.78, 5) is 25.5. The monoisotopic (exact) mass is 365 g/mol. The highest BCUT2D eigenvalue weighted by molar-refractivity contribution is 7.11. The fourth-order valence-electron chi connectivity index (χ4n) is 2.37. The second-order valence-electron chi connectivity index (χ2n) is 5.33. The molecule has 0 bridgehead atoms. The minimum atomic E-state index is -2.93. The molecule has 1 aromatic carbocycles. The molecule has 130 valence electrons. The van der Waals surface area contributed by atoms with Gasteiger partial charge in [-0.25, -0.2) is 4.79 Å². The Bertz CT molecular complexity index is 809. The number of imide groups is 1. The van der Waals surface area contributed by atoms with E-state index < -0.39 is 24.1 Å². The first kappa shape index (κ1) is 17.0. The third-order valence-corrected chi connectivity index (χ3v) is 4.48. The van der Waals surface area contributed by atoms with Crippen LogP contribution < -0.4 is 10.1 Å². The van der Waals surface area contributed by atoms with Crippen molar-refractivity contribution in [3.05, 3.63) is 52.2 Å². The van der Waals surface area contributed by atoms with Crippen molar-refractivity contribution in [2.45, 2.75) is 19.1 Å². The number of alkyl halides is 2. The number of hydrogen-bond acceptors (Lipinski definition) is 5. The summed E-state index contributed by atoms with van der Waals surface area (Å²) in [6, 6.07) is 8.48. The van der Waals surface area contributed by atoms with E-state index in [0.29, 0.717) is 5.56 Å². The molecule has 1 fully saturated rings. The Morgan fingerprint density at radius 1 is 1.28 bits per heavy atom. The molecule has 0 unspecified atom stereocenters. The molecule has 3 amide bonds. The molecule has 1 aromatic heterocycles. The first-order valence-electron chi connectivity index (χ1n) is 7.20. The highest BCUT2D eigenvalue weighted by Gasteiger charge is 2.49. The van der Waals surface area contributed by atoms with Gasteiger partial charge in [0.25, 0.3) is 5.91 Å². The standard InChI is InChI=1S/C16H13F2N3O3S/c1-16(10-4-6-11(7-5-10)24-14(17)18)13(22)21(15(23)20-16)19-9-12-3-2-8-25-12/h2-9,14H,1H3,(H,20,23)/b19-9-/t16-/m1/s1. The van der Waals surface area contributed by atoms with E-state index in [4.69, 9.17) is 0 Å². The molecule has 6 nitrogen and oxygen atoms in total. The number of hydrazone groups is 1. The van der Waals surface area contributed by atoms with Gasteiger partial charge in [-0.1, -0.05) is 18.2 Å². The van der Waals surface area contributed by atoms with Crippen LogP contribution in [0.5, 0.6) is 5.75 Å². The number of halogens is 2. The van der Waals surface area contributed by atoms with Gasteiger partial charge in [-0.2, -0.15) is 13.9 Å². The molecular weight excluding hydrogens is 352 g/mol. The number of urea groups is 1. The van der Waals surface area contributed by atoms with Crippen molar-refractivity contribution < 1.29 is 23.1 Å². The van der Waals surface area contributed by atoms with E-state index in [-0.39, 0.29) is 5.75 Å². The van der Waals surface area contributed by atoms with Crippen LogP contribution in [-0.2, 0) is 10.3 Å². The Kier molecular flexibility index (Phi) is 4.49. The summed E-state index contributed by atoms with van der Waals surface area (Å²) < 4.78 is 28.7. The van der Waals surface area contributed by atoms with Crippen LogP contribution in [0, 0.1) is 0 Å². The van der Waals surface area contributed by atoms with Crippen molar-refractivity contribution in [1.29, 1.82) is 0 Å². The lowest BCUT2D eigenvalue weighted by Gasteiger charge is -2.21. The lowest BCUT2D eigenvalue weighted by atomic mass is 9.92. The Balaban J connectivity index is 1.81. The number of amides is 3. The summed E-state index contributed by atoms with van der Waals surface area (Å²) >= 11 is 1.42. The second kappa shape index (κ2) is 6.60. The van der Waals surface area contributed by atoms with Gasteiger partial charge < -0.3 is 10.1 Å². The van der Waals surface area contributed by atoms with Gasteiger partial charge in [-0.05, 0) is 36.1 Å². The average molecular weight is 365 g/mol. The van der Waals surface area contributed by atoms with Crippen molar-refractivity contribution in [1.82, 2.24) is 10.3 Å². The van der Waals surface area contributed by atoms with Gasteiger partial charge in [0.2, 0.25) is 0 Å². The highest BCUT2D eigenvalue weighted by Crippen LogP contribution is 2.30. The molecular formula is C16H13F2N3O3S. The van der Waals surface area contributed by atoms with Crippen molar-refractivity contribution in [3.8, 4) is 5.75 Å². The highest BCUT2D eigenvalue weighted by atomic mass is 32.1. The molecule has 1 aliphatic rings. The molecule has 9 heteroatoms. The third-order valence-electron chi connectivity index (χ3n) is 3.67. The maximum atomic E-state index is 12.6. The summed E-state index contributed by atoms with van der Waals surface area (Å²) in [5.41, 5.74) is -0.908. The van der Waals surface area contributed by atoms with Gasteiger partial charge in [-0.15, -0.1) is 16.3 Å². The number of ether oxygens (including phenoxy) is 1. The predicted molar refractivity (Wildman–Crippen MR) is 87.7 cm³/mol. The summed E-state index contributed by atoms with van der Waals surface area (Å²) in [5, 5.41) is 9.11. The van der Waals surface area contributed by atoms with Gasteiger partial charge in [0.15, 0.2) is 0 Å². The normalized spacial score (nSPS) is 20.6. The van der Waals surface area contributed by atoms with E-state index >= 15 is 0 Å². The number of nitrogens with zero attached hydrogens (tertiary/aromatic N) is 2. The molecule has 2 aromatic rings. The molecule has 1 atom stereocenters. The number of benzene rings is 1. The first-order chi connectivity index (χ1) is 11.9. The topological polar surface area (TPSA) is 71.0 Å². The zero-order valence-corrected chi connectivity index (χ0v) is 13.8. The number of nitrogens with one attached hydrogen (secondary N) is 1.